The molecule has 0 spiro atoms. The maximum Gasteiger partial charge on any atom is 0.285 e. The fourth-order valence-corrected chi connectivity index (χ4v) is 1.37. The Hall–Kier alpha value is -2.21. The van der Waals surface area contributed by atoms with Crippen LogP contribution in [0.15, 0.2) is 40.5 Å². The first kappa shape index (κ1) is 12.3. The van der Waals surface area contributed by atoms with Crippen LogP contribution in [0.1, 0.15) is 12.6 Å². The van der Waals surface area contributed by atoms with Crippen molar-refractivity contribution in [2.75, 3.05) is 5.43 Å². The summed E-state index contributed by atoms with van der Waals surface area (Å²) >= 11 is 5.79. The Balaban J connectivity index is 2.21. The standard InChI is InChI=1S/C11H10ClN5O/c1-7(8-4-2-3-5-13-8)15-16-9-6-14-17-11(18)10(9)12/h2-6H,1H3,(H2,16,17,18). The number of H-pyrrole nitrogens is 1. The Kier molecular flexibility index (Phi) is 3.69. The van der Waals surface area contributed by atoms with Crippen LogP contribution in [-0.4, -0.2) is 20.9 Å². The first-order chi connectivity index (χ1) is 8.68. The van der Waals surface area contributed by atoms with Gasteiger partial charge in [0.15, 0.2) is 0 Å². The summed E-state index contributed by atoms with van der Waals surface area (Å²) in [5.41, 5.74) is 3.97. The Morgan fingerprint density at radius 2 is 2.33 bits per heavy atom. The lowest BCUT2D eigenvalue weighted by atomic mass is 10.3. The van der Waals surface area contributed by atoms with E-state index in [0.29, 0.717) is 11.4 Å². The van der Waals surface area contributed by atoms with E-state index < -0.39 is 5.56 Å². The van der Waals surface area contributed by atoms with E-state index in [-0.39, 0.29) is 5.02 Å². The molecule has 0 aromatic carbocycles. The minimum absolute atomic E-state index is 0.0163. The van der Waals surface area contributed by atoms with Gasteiger partial charge >= 0.3 is 0 Å². The normalized spacial score (nSPS) is 11.3. The van der Waals surface area contributed by atoms with Crippen LogP contribution in [0.5, 0.6) is 0 Å². The van der Waals surface area contributed by atoms with Crippen LogP contribution in [-0.2, 0) is 0 Å². The molecule has 7 heteroatoms. The van der Waals surface area contributed by atoms with Gasteiger partial charge in [-0.1, -0.05) is 17.7 Å². The van der Waals surface area contributed by atoms with E-state index in [2.05, 4.69) is 25.7 Å². The minimum Gasteiger partial charge on any atom is -0.275 e. The molecule has 0 bridgehead atoms. The van der Waals surface area contributed by atoms with Gasteiger partial charge in [-0.2, -0.15) is 10.2 Å². The number of hydrogen-bond acceptors (Lipinski definition) is 5. The van der Waals surface area contributed by atoms with E-state index in [1.54, 1.807) is 13.1 Å². The molecule has 0 saturated carbocycles. The van der Waals surface area contributed by atoms with Gasteiger partial charge in [-0.15, -0.1) is 0 Å². The molecule has 0 amide bonds. The van der Waals surface area contributed by atoms with Crippen molar-refractivity contribution < 1.29 is 0 Å². The Morgan fingerprint density at radius 1 is 1.50 bits per heavy atom. The highest BCUT2D eigenvalue weighted by Crippen LogP contribution is 2.14. The van der Waals surface area contributed by atoms with E-state index in [1.807, 2.05) is 18.2 Å². The van der Waals surface area contributed by atoms with Crippen molar-refractivity contribution >= 4 is 23.0 Å². The van der Waals surface area contributed by atoms with Gasteiger partial charge in [0, 0.05) is 6.20 Å². The number of rotatable bonds is 3. The smallest absolute Gasteiger partial charge is 0.275 e. The molecule has 6 nitrogen and oxygen atoms in total. The Labute approximate surface area is 108 Å². The molecule has 0 atom stereocenters. The monoisotopic (exact) mass is 263 g/mol. The summed E-state index contributed by atoms with van der Waals surface area (Å²) in [6.45, 7) is 1.80. The summed E-state index contributed by atoms with van der Waals surface area (Å²) in [6.07, 6.45) is 3.06. The molecule has 18 heavy (non-hydrogen) atoms. The van der Waals surface area contributed by atoms with Gasteiger partial charge in [-0.05, 0) is 19.1 Å². The summed E-state index contributed by atoms with van der Waals surface area (Å²) < 4.78 is 0. The zero-order valence-corrected chi connectivity index (χ0v) is 10.3. The molecule has 0 radical (unpaired) electrons. The molecular formula is C11H10ClN5O. The third-order valence-corrected chi connectivity index (χ3v) is 2.55. The lowest BCUT2D eigenvalue weighted by Crippen LogP contribution is -2.11. The van der Waals surface area contributed by atoms with Crippen molar-refractivity contribution in [1.82, 2.24) is 15.2 Å². The highest BCUT2D eigenvalue weighted by molar-refractivity contribution is 6.32. The molecule has 0 saturated heterocycles. The number of pyridine rings is 1. The Morgan fingerprint density at radius 3 is 3.06 bits per heavy atom. The van der Waals surface area contributed by atoms with Gasteiger partial charge in [-0.3, -0.25) is 15.2 Å². The Bertz CT molecular complexity index is 623. The largest absolute Gasteiger partial charge is 0.285 e. The van der Waals surface area contributed by atoms with Gasteiger partial charge < -0.3 is 0 Å². The lowest BCUT2D eigenvalue weighted by Gasteiger charge is -2.03. The summed E-state index contributed by atoms with van der Waals surface area (Å²) in [5.74, 6) is 0. The van der Waals surface area contributed by atoms with Crippen molar-refractivity contribution in [2.45, 2.75) is 6.92 Å². The number of hydrazone groups is 1. The number of halogens is 1. The number of anilines is 1. The first-order valence-electron chi connectivity index (χ1n) is 5.13. The molecular weight excluding hydrogens is 254 g/mol. The summed E-state index contributed by atoms with van der Waals surface area (Å²) in [5, 5.41) is 9.96. The molecule has 0 aliphatic rings. The lowest BCUT2D eigenvalue weighted by molar-refractivity contribution is 0.986. The van der Waals surface area contributed by atoms with Crippen LogP contribution in [0.4, 0.5) is 5.69 Å². The number of nitrogens with zero attached hydrogens (tertiary/aromatic N) is 3. The highest BCUT2D eigenvalue weighted by atomic mass is 35.5. The molecule has 2 N–H and O–H groups in total. The maximum atomic E-state index is 11.2. The number of nitrogens with one attached hydrogen (secondary N) is 2. The molecule has 2 heterocycles. The second kappa shape index (κ2) is 5.42. The van der Waals surface area contributed by atoms with E-state index in [1.165, 1.54) is 6.20 Å². The highest BCUT2D eigenvalue weighted by Gasteiger charge is 2.04. The molecule has 0 fully saturated rings. The number of aromatic nitrogens is 3. The van der Waals surface area contributed by atoms with Crippen LogP contribution in [0.25, 0.3) is 0 Å². The molecule has 2 aromatic rings. The third kappa shape index (κ3) is 2.72. The molecule has 0 aliphatic heterocycles. The van der Waals surface area contributed by atoms with Gasteiger partial charge in [-0.25, -0.2) is 5.10 Å². The average molecular weight is 264 g/mol. The molecule has 0 unspecified atom stereocenters. The van der Waals surface area contributed by atoms with Crippen LogP contribution in [0.2, 0.25) is 5.02 Å². The van der Waals surface area contributed by atoms with Crippen LogP contribution in [0.3, 0.4) is 0 Å². The van der Waals surface area contributed by atoms with Crippen molar-refractivity contribution in [1.29, 1.82) is 0 Å². The van der Waals surface area contributed by atoms with E-state index >= 15 is 0 Å². The van der Waals surface area contributed by atoms with Crippen LogP contribution < -0.4 is 11.0 Å². The summed E-state index contributed by atoms with van der Waals surface area (Å²) in [4.78, 5) is 15.3. The van der Waals surface area contributed by atoms with Gasteiger partial charge in [0.2, 0.25) is 0 Å². The fraction of sp³-hybridized carbons (Fsp3) is 0.0909. The zero-order chi connectivity index (χ0) is 13.0. The minimum atomic E-state index is -0.465. The predicted molar refractivity (Wildman–Crippen MR) is 69.9 cm³/mol. The van der Waals surface area contributed by atoms with Crippen molar-refractivity contribution in [3.63, 3.8) is 0 Å². The van der Waals surface area contributed by atoms with Gasteiger partial charge in [0.05, 0.1) is 17.6 Å². The van der Waals surface area contributed by atoms with E-state index in [4.69, 9.17) is 11.6 Å². The first-order valence-corrected chi connectivity index (χ1v) is 5.51. The zero-order valence-electron chi connectivity index (χ0n) is 9.51. The van der Waals surface area contributed by atoms with Crippen molar-refractivity contribution in [3.05, 3.63) is 51.7 Å². The summed E-state index contributed by atoms with van der Waals surface area (Å²) in [7, 11) is 0. The number of hydrogen-bond donors (Lipinski definition) is 2. The fourth-order valence-electron chi connectivity index (χ4n) is 1.24. The van der Waals surface area contributed by atoms with Gasteiger partial charge in [0.25, 0.3) is 5.56 Å². The SMILES string of the molecule is CC(=NNc1cn[nH]c(=O)c1Cl)c1ccccn1. The third-order valence-electron chi connectivity index (χ3n) is 2.18. The summed E-state index contributed by atoms with van der Waals surface area (Å²) in [6, 6.07) is 5.52. The maximum absolute atomic E-state index is 11.2. The predicted octanol–water partition coefficient (Wildman–Crippen LogP) is 1.65. The second-order valence-corrected chi connectivity index (χ2v) is 3.83. The number of aromatic amines is 1. The van der Waals surface area contributed by atoms with Crippen LogP contribution >= 0.6 is 11.6 Å². The van der Waals surface area contributed by atoms with E-state index in [9.17, 15) is 4.79 Å². The molecule has 2 aromatic heterocycles. The van der Waals surface area contributed by atoms with Gasteiger partial charge in [0.1, 0.15) is 10.7 Å². The quantitative estimate of drug-likeness (QED) is 0.652. The molecule has 2 rings (SSSR count). The van der Waals surface area contributed by atoms with Crippen molar-refractivity contribution in [3.8, 4) is 0 Å². The average Bonchev–Trinajstić information content (AvgIpc) is 2.41. The van der Waals surface area contributed by atoms with Crippen molar-refractivity contribution in [2.24, 2.45) is 5.10 Å². The molecule has 92 valence electrons. The molecule has 0 aliphatic carbocycles. The van der Waals surface area contributed by atoms with Crippen LogP contribution in [0, 0.1) is 0 Å². The van der Waals surface area contributed by atoms with E-state index in [0.717, 1.165) is 5.69 Å². The topological polar surface area (TPSA) is 83.0 Å². The second-order valence-electron chi connectivity index (χ2n) is 3.45.